The second-order valence-electron chi connectivity index (χ2n) is 12.8. The van der Waals surface area contributed by atoms with E-state index in [0.717, 1.165) is 16.7 Å². The summed E-state index contributed by atoms with van der Waals surface area (Å²) in [5, 5.41) is 1.20. The molecule has 3 aromatic carbocycles. The van der Waals surface area contributed by atoms with Crippen molar-refractivity contribution < 1.29 is 17.9 Å². The van der Waals surface area contributed by atoms with Crippen LogP contribution in [0.5, 0.6) is 5.75 Å². The van der Waals surface area contributed by atoms with Crippen molar-refractivity contribution in [2.45, 2.75) is 44.8 Å². The number of carbonyl (C=O) groups excluding carboxylic acids is 1. The van der Waals surface area contributed by atoms with E-state index in [9.17, 15) is 13.2 Å². The number of carbonyl (C=O) groups is 1. The van der Waals surface area contributed by atoms with Crippen molar-refractivity contribution in [1.29, 1.82) is 0 Å². The van der Waals surface area contributed by atoms with E-state index in [1.807, 2.05) is 92.4 Å². The Labute approximate surface area is 288 Å². The van der Waals surface area contributed by atoms with Crippen LogP contribution in [0.25, 0.3) is 0 Å². The summed E-state index contributed by atoms with van der Waals surface area (Å²) in [6.07, 6.45) is 1.82. The van der Waals surface area contributed by atoms with E-state index >= 15 is 0 Å². The Hall–Kier alpha value is -3.15. The fraction of sp³-hybridized carbons (Fsp3) is 0.429. The van der Waals surface area contributed by atoms with Crippen LogP contribution < -0.4 is 10.5 Å². The van der Waals surface area contributed by atoms with Gasteiger partial charge in [0.1, 0.15) is 27.5 Å². The molecule has 47 heavy (non-hydrogen) atoms. The van der Waals surface area contributed by atoms with Gasteiger partial charge in [-0.1, -0.05) is 53.5 Å². The number of sulfone groups is 1. The predicted molar refractivity (Wildman–Crippen MR) is 189 cm³/mol. The smallest absolute Gasteiger partial charge is 0.326 e. The largest absolute Gasteiger partial charge is 0.493 e. The topological polar surface area (TPSA) is 109 Å². The molecule has 2 N–H and O–H groups in total. The third-order valence-electron chi connectivity index (χ3n) is 8.59. The van der Waals surface area contributed by atoms with Crippen LogP contribution >= 0.6 is 23.2 Å². The van der Waals surface area contributed by atoms with Gasteiger partial charge in [-0.05, 0) is 86.8 Å². The predicted octanol–water partition coefficient (Wildman–Crippen LogP) is 6.30. The first-order valence-electron chi connectivity index (χ1n) is 15.9. The highest BCUT2D eigenvalue weighted by Crippen LogP contribution is 2.46. The number of nitrogens with zero attached hydrogens (tertiary/aromatic N) is 4. The zero-order valence-corrected chi connectivity index (χ0v) is 29.7. The molecule has 12 heteroatoms. The van der Waals surface area contributed by atoms with Gasteiger partial charge in [0.05, 0.1) is 24.0 Å². The van der Waals surface area contributed by atoms with Gasteiger partial charge in [-0.2, -0.15) is 0 Å². The minimum atomic E-state index is -3.02. The number of piperazine rings is 1. The van der Waals surface area contributed by atoms with E-state index in [2.05, 4.69) is 4.90 Å². The van der Waals surface area contributed by atoms with Gasteiger partial charge in [-0.3, -0.25) is 14.8 Å². The minimum absolute atomic E-state index is 0.148. The number of urea groups is 1. The Morgan fingerprint density at radius 2 is 1.55 bits per heavy atom. The maximum atomic E-state index is 14.8. The molecule has 0 aliphatic carbocycles. The zero-order valence-electron chi connectivity index (χ0n) is 27.3. The quantitative estimate of drug-likeness (QED) is 0.266. The van der Waals surface area contributed by atoms with Gasteiger partial charge in [0, 0.05) is 48.0 Å². The molecule has 0 radical (unpaired) electrons. The fourth-order valence-electron chi connectivity index (χ4n) is 6.11. The van der Waals surface area contributed by atoms with Gasteiger partial charge >= 0.3 is 6.03 Å². The molecule has 2 heterocycles. The van der Waals surface area contributed by atoms with Crippen LogP contribution in [0, 0.1) is 0 Å². The number of amides is 2. The lowest BCUT2D eigenvalue weighted by Crippen LogP contribution is -2.54. The Bertz CT molecular complexity index is 1700. The van der Waals surface area contributed by atoms with Gasteiger partial charge in [0.2, 0.25) is 0 Å². The number of hydrogen-bond donors (Lipinski definition) is 1. The summed E-state index contributed by atoms with van der Waals surface area (Å²) in [7, 11) is -3.02. The average molecular weight is 701 g/mol. The summed E-state index contributed by atoms with van der Waals surface area (Å²) >= 11 is 12.6. The molecule has 2 aliphatic rings. The van der Waals surface area contributed by atoms with Gasteiger partial charge in [0.15, 0.2) is 0 Å². The number of aliphatic imine (C=N–C) groups is 1. The number of benzene rings is 3. The lowest BCUT2D eigenvalue weighted by molar-refractivity contribution is 0.119. The van der Waals surface area contributed by atoms with Crippen LogP contribution in [0.4, 0.5) is 4.79 Å². The van der Waals surface area contributed by atoms with E-state index in [-0.39, 0.29) is 11.8 Å². The van der Waals surface area contributed by atoms with Crippen LogP contribution in [0.1, 0.15) is 61.5 Å². The van der Waals surface area contributed by atoms with Gasteiger partial charge < -0.3 is 15.4 Å². The molecule has 3 aromatic rings. The number of ether oxygens (including phenoxy) is 1. The lowest BCUT2D eigenvalue weighted by atomic mass is 9.92. The highest BCUT2D eigenvalue weighted by atomic mass is 35.5. The van der Waals surface area contributed by atoms with Crippen LogP contribution in [-0.4, -0.2) is 86.3 Å². The van der Waals surface area contributed by atoms with Crippen molar-refractivity contribution in [1.82, 2.24) is 14.7 Å². The molecule has 0 spiro atoms. The number of amidine groups is 1. The molecule has 2 aliphatic heterocycles. The highest BCUT2D eigenvalue weighted by Gasteiger charge is 2.45. The molecule has 252 valence electrons. The number of halogens is 2. The molecule has 0 unspecified atom stereocenters. The van der Waals surface area contributed by atoms with Crippen molar-refractivity contribution >= 4 is 44.9 Å². The first-order chi connectivity index (χ1) is 22.2. The van der Waals surface area contributed by atoms with Gasteiger partial charge in [-0.15, -0.1) is 0 Å². The molecule has 0 aromatic heterocycles. The summed E-state index contributed by atoms with van der Waals surface area (Å²) in [4.78, 5) is 26.0. The molecule has 1 saturated heterocycles. The van der Waals surface area contributed by atoms with Crippen LogP contribution in [0.3, 0.4) is 0 Å². The Morgan fingerprint density at radius 1 is 0.957 bits per heavy atom. The summed E-state index contributed by atoms with van der Waals surface area (Å²) in [6, 6.07) is 19.8. The molecular formula is C35H43Cl2N5O4S. The van der Waals surface area contributed by atoms with E-state index in [1.165, 1.54) is 6.26 Å². The monoisotopic (exact) mass is 699 g/mol. The van der Waals surface area contributed by atoms with Crippen molar-refractivity contribution in [2.75, 3.05) is 51.3 Å². The van der Waals surface area contributed by atoms with Crippen LogP contribution in [0.15, 0.2) is 71.7 Å². The number of rotatable bonds is 10. The summed E-state index contributed by atoms with van der Waals surface area (Å²) in [5.41, 5.74) is 9.28. The number of hydrogen-bond acceptors (Lipinski definition) is 7. The van der Waals surface area contributed by atoms with E-state index < -0.39 is 27.5 Å². The maximum absolute atomic E-state index is 14.8. The van der Waals surface area contributed by atoms with E-state index in [4.69, 9.17) is 38.7 Å². The van der Waals surface area contributed by atoms with Gasteiger partial charge in [-0.25, -0.2) is 13.2 Å². The second-order valence-corrected chi connectivity index (χ2v) is 15.9. The molecule has 2 atom stereocenters. The summed E-state index contributed by atoms with van der Waals surface area (Å²) < 4.78 is 29.4. The summed E-state index contributed by atoms with van der Waals surface area (Å²) in [5.74, 6) is 1.26. The Kier molecular flexibility index (Phi) is 10.9. The minimum Gasteiger partial charge on any atom is -0.493 e. The second kappa shape index (κ2) is 14.5. The normalized spacial score (nSPS) is 19.2. The third-order valence-corrected chi connectivity index (χ3v) is 10.1. The van der Waals surface area contributed by atoms with Crippen LogP contribution in [-0.2, 0) is 15.4 Å². The summed E-state index contributed by atoms with van der Waals surface area (Å²) in [6.45, 7) is 9.17. The Balaban J connectivity index is 1.58. The number of nitrogens with two attached hydrogens (primary N) is 1. The van der Waals surface area contributed by atoms with E-state index in [0.29, 0.717) is 72.9 Å². The van der Waals surface area contributed by atoms with Crippen molar-refractivity contribution in [2.24, 2.45) is 10.7 Å². The molecule has 0 saturated carbocycles. The third kappa shape index (κ3) is 8.48. The molecule has 5 rings (SSSR count). The fourth-order valence-corrected chi connectivity index (χ4v) is 7.01. The van der Waals surface area contributed by atoms with Crippen LogP contribution in [0.2, 0.25) is 10.0 Å². The maximum Gasteiger partial charge on any atom is 0.326 e. The zero-order chi connectivity index (χ0) is 33.9. The standard InChI is InChI=1S/C35H43Cl2N5O4S/c1-5-46-30-16-11-26(35(2,3)38)23-29(30)33-39-31(24-7-12-27(36)13-8-24)32(25-9-14-28(37)15-10-25)42(33)34(43)41-20-18-40(19-21-41)17-6-22-47(4,44)45/h7-16,23,31-32H,5-6,17-22,38H2,1-4H3/t31-,32+/m0/s1. The first-order valence-corrected chi connectivity index (χ1v) is 18.7. The molecule has 2 amide bonds. The highest BCUT2D eigenvalue weighted by molar-refractivity contribution is 7.90. The molecule has 0 bridgehead atoms. The molecular weight excluding hydrogens is 657 g/mol. The van der Waals surface area contributed by atoms with Crippen molar-refractivity contribution in [3.8, 4) is 5.75 Å². The first kappa shape index (κ1) is 35.2. The lowest BCUT2D eigenvalue weighted by Gasteiger charge is -2.39. The van der Waals surface area contributed by atoms with Crippen molar-refractivity contribution in [3.05, 3.63) is 99.0 Å². The van der Waals surface area contributed by atoms with E-state index in [1.54, 1.807) is 4.90 Å². The van der Waals surface area contributed by atoms with Gasteiger partial charge in [0.25, 0.3) is 0 Å². The molecule has 1 fully saturated rings. The molecule has 9 nitrogen and oxygen atoms in total. The Morgan fingerprint density at radius 3 is 2.11 bits per heavy atom. The SMILES string of the molecule is CCOc1ccc(C(C)(C)N)cc1C1=N[C@@H](c2ccc(Cl)cc2)[C@@H](c2ccc(Cl)cc2)N1C(=O)N1CCN(CCCS(C)(=O)=O)CC1. The average Bonchev–Trinajstić information content (AvgIpc) is 3.41. The van der Waals surface area contributed by atoms with Crippen molar-refractivity contribution in [3.63, 3.8) is 0 Å².